The van der Waals surface area contributed by atoms with Crippen molar-refractivity contribution >= 4 is 29.3 Å². The SMILES string of the molecule is CN(Cc1ccc2c(c1)OCO2)C(=O)CSCc1cccc(Cl)c1. The van der Waals surface area contributed by atoms with Crippen LogP contribution in [0.15, 0.2) is 42.5 Å². The van der Waals surface area contributed by atoms with Crippen molar-refractivity contribution in [2.75, 3.05) is 19.6 Å². The van der Waals surface area contributed by atoms with E-state index in [2.05, 4.69) is 0 Å². The van der Waals surface area contributed by atoms with E-state index in [0.717, 1.165) is 33.4 Å². The molecule has 3 rings (SSSR count). The third-order valence-corrected chi connectivity index (χ3v) is 4.89. The van der Waals surface area contributed by atoms with Crippen molar-refractivity contribution in [1.29, 1.82) is 0 Å². The van der Waals surface area contributed by atoms with Gasteiger partial charge >= 0.3 is 0 Å². The lowest BCUT2D eigenvalue weighted by Gasteiger charge is -2.17. The van der Waals surface area contributed by atoms with Crippen LogP contribution in [-0.4, -0.2) is 30.4 Å². The van der Waals surface area contributed by atoms with E-state index in [1.807, 2.05) is 49.5 Å². The molecule has 0 saturated heterocycles. The topological polar surface area (TPSA) is 38.8 Å². The number of halogens is 1. The molecule has 0 aromatic heterocycles. The van der Waals surface area contributed by atoms with Gasteiger partial charge in [-0.05, 0) is 35.4 Å². The number of carbonyl (C=O) groups excluding carboxylic acids is 1. The van der Waals surface area contributed by atoms with Crippen LogP contribution >= 0.6 is 23.4 Å². The second-order valence-corrected chi connectivity index (χ2v) is 6.98. The highest BCUT2D eigenvalue weighted by atomic mass is 35.5. The monoisotopic (exact) mass is 363 g/mol. The van der Waals surface area contributed by atoms with Crippen LogP contribution in [0.5, 0.6) is 11.5 Å². The van der Waals surface area contributed by atoms with Crippen LogP contribution in [0, 0.1) is 0 Å². The number of amides is 1. The first kappa shape index (κ1) is 17.0. The molecule has 24 heavy (non-hydrogen) atoms. The van der Waals surface area contributed by atoms with Crippen molar-refractivity contribution in [1.82, 2.24) is 4.90 Å². The molecule has 4 nitrogen and oxygen atoms in total. The van der Waals surface area contributed by atoms with E-state index >= 15 is 0 Å². The number of ether oxygens (including phenoxy) is 2. The summed E-state index contributed by atoms with van der Waals surface area (Å²) in [6.45, 7) is 0.806. The summed E-state index contributed by atoms with van der Waals surface area (Å²) >= 11 is 7.55. The van der Waals surface area contributed by atoms with Gasteiger partial charge in [0.1, 0.15) is 0 Å². The van der Waals surface area contributed by atoms with Gasteiger partial charge in [0.05, 0.1) is 5.75 Å². The van der Waals surface area contributed by atoms with Gasteiger partial charge in [0, 0.05) is 24.4 Å². The van der Waals surface area contributed by atoms with E-state index in [1.54, 1.807) is 16.7 Å². The minimum absolute atomic E-state index is 0.0969. The molecule has 1 amide bonds. The first-order valence-electron chi connectivity index (χ1n) is 7.56. The van der Waals surface area contributed by atoms with E-state index in [1.165, 1.54) is 0 Å². The molecule has 126 valence electrons. The highest BCUT2D eigenvalue weighted by molar-refractivity contribution is 7.99. The molecule has 0 radical (unpaired) electrons. The first-order valence-corrected chi connectivity index (χ1v) is 9.10. The van der Waals surface area contributed by atoms with Crippen LogP contribution in [0.2, 0.25) is 5.02 Å². The fourth-order valence-electron chi connectivity index (χ4n) is 2.39. The first-order chi connectivity index (χ1) is 11.6. The maximum atomic E-state index is 12.3. The summed E-state index contributed by atoms with van der Waals surface area (Å²) in [6, 6.07) is 13.5. The van der Waals surface area contributed by atoms with Crippen LogP contribution in [-0.2, 0) is 17.1 Å². The van der Waals surface area contributed by atoms with Gasteiger partial charge in [-0.3, -0.25) is 4.79 Å². The highest BCUT2D eigenvalue weighted by Crippen LogP contribution is 2.32. The average molecular weight is 364 g/mol. The Morgan fingerprint density at radius 3 is 2.83 bits per heavy atom. The Hall–Kier alpha value is -1.85. The molecule has 1 aliphatic rings. The number of hydrogen-bond acceptors (Lipinski definition) is 4. The van der Waals surface area contributed by atoms with Crippen molar-refractivity contribution in [3.8, 4) is 11.5 Å². The smallest absolute Gasteiger partial charge is 0.232 e. The lowest BCUT2D eigenvalue weighted by atomic mass is 10.2. The summed E-state index contributed by atoms with van der Waals surface area (Å²) in [7, 11) is 1.81. The highest BCUT2D eigenvalue weighted by Gasteiger charge is 2.15. The normalized spacial score (nSPS) is 12.2. The summed E-state index contributed by atoms with van der Waals surface area (Å²) in [5.74, 6) is 2.80. The van der Waals surface area contributed by atoms with Gasteiger partial charge in [-0.25, -0.2) is 0 Å². The fraction of sp³-hybridized carbons (Fsp3) is 0.278. The van der Waals surface area contributed by atoms with Gasteiger partial charge < -0.3 is 14.4 Å². The molecule has 2 aromatic rings. The summed E-state index contributed by atoms with van der Waals surface area (Å²) in [5.41, 5.74) is 2.15. The summed E-state index contributed by atoms with van der Waals surface area (Å²) in [5, 5.41) is 0.722. The van der Waals surface area contributed by atoms with E-state index in [-0.39, 0.29) is 12.7 Å². The van der Waals surface area contributed by atoms with Crippen molar-refractivity contribution in [3.05, 3.63) is 58.6 Å². The molecule has 0 bridgehead atoms. The third-order valence-electron chi connectivity index (χ3n) is 3.67. The molecule has 0 fully saturated rings. The molecule has 0 spiro atoms. The molecular formula is C18H18ClNO3S. The van der Waals surface area contributed by atoms with E-state index in [9.17, 15) is 4.79 Å². The number of nitrogens with zero attached hydrogens (tertiary/aromatic N) is 1. The second-order valence-electron chi connectivity index (χ2n) is 5.56. The Kier molecular flexibility index (Phi) is 5.53. The zero-order chi connectivity index (χ0) is 16.9. The number of benzene rings is 2. The number of rotatable bonds is 6. The molecule has 2 aromatic carbocycles. The molecule has 6 heteroatoms. The third kappa shape index (κ3) is 4.36. The van der Waals surface area contributed by atoms with Gasteiger partial charge in [-0.1, -0.05) is 29.8 Å². The molecule has 0 N–H and O–H groups in total. The number of fused-ring (bicyclic) bond motifs is 1. The molecular weight excluding hydrogens is 346 g/mol. The van der Waals surface area contributed by atoms with Gasteiger partial charge in [-0.2, -0.15) is 0 Å². The van der Waals surface area contributed by atoms with E-state index < -0.39 is 0 Å². The maximum Gasteiger partial charge on any atom is 0.232 e. The standard InChI is InChI=1S/C18H18ClNO3S/c1-20(9-13-5-6-16-17(8-13)23-12-22-16)18(21)11-24-10-14-3-2-4-15(19)7-14/h2-8H,9-12H2,1H3. The van der Waals surface area contributed by atoms with E-state index in [4.69, 9.17) is 21.1 Å². The quantitative estimate of drug-likeness (QED) is 0.778. The van der Waals surface area contributed by atoms with Gasteiger partial charge in [-0.15, -0.1) is 11.8 Å². The average Bonchev–Trinajstić information content (AvgIpc) is 3.02. The molecule has 1 heterocycles. The summed E-state index contributed by atoms with van der Waals surface area (Å²) in [6.07, 6.45) is 0. The van der Waals surface area contributed by atoms with Crippen molar-refractivity contribution in [3.63, 3.8) is 0 Å². The van der Waals surface area contributed by atoms with Gasteiger partial charge in [0.2, 0.25) is 12.7 Å². The number of thioether (sulfide) groups is 1. The molecule has 0 atom stereocenters. The van der Waals surface area contributed by atoms with Crippen LogP contribution in [0.4, 0.5) is 0 Å². The molecule has 0 saturated carbocycles. The second kappa shape index (κ2) is 7.81. The number of hydrogen-bond donors (Lipinski definition) is 0. The van der Waals surface area contributed by atoms with Gasteiger partial charge in [0.15, 0.2) is 11.5 Å². The van der Waals surface area contributed by atoms with Crippen molar-refractivity contribution in [2.45, 2.75) is 12.3 Å². The lowest BCUT2D eigenvalue weighted by molar-refractivity contribution is -0.127. The Morgan fingerprint density at radius 1 is 1.17 bits per heavy atom. The lowest BCUT2D eigenvalue weighted by Crippen LogP contribution is -2.27. The molecule has 1 aliphatic heterocycles. The molecule has 0 unspecified atom stereocenters. The largest absolute Gasteiger partial charge is 0.454 e. The van der Waals surface area contributed by atoms with Gasteiger partial charge in [0.25, 0.3) is 0 Å². The Morgan fingerprint density at radius 2 is 2.00 bits per heavy atom. The zero-order valence-electron chi connectivity index (χ0n) is 13.3. The van der Waals surface area contributed by atoms with Crippen LogP contribution in [0.25, 0.3) is 0 Å². The zero-order valence-corrected chi connectivity index (χ0v) is 14.9. The predicted molar refractivity (Wildman–Crippen MR) is 96.7 cm³/mol. The minimum Gasteiger partial charge on any atom is -0.454 e. The fourth-order valence-corrected chi connectivity index (χ4v) is 3.52. The Balaban J connectivity index is 1.48. The predicted octanol–water partition coefficient (Wildman–Crippen LogP) is 3.96. The summed E-state index contributed by atoms with van der Waals surface area (Å²) in [4.78, 5) is 14.0. The Labute approximate surface area is 150 Å². The van der Waals surface area contributed by atoms with Crippen molar-refractivity contribution < 1.29 is 14.3 Å². The summed E-state index contributed by atoms with van der Waals surface area (Å²) < 4.78 is 10.7. The maximum absolute atomic E-state index is 12.3. The Bertz CT molecular complexity index is 738. The van der Waals surface area contributed by atoms with Crippen LogP contribution < -0.4 is 9.47 Å². The van der Waals surface area contributed by atoms with Crippen molar-refractivity contribution in [2.24, 2.45) is 0 Å². The van der Waals surface area contributed by atoms with Crippen LogP contribution in [0.1, 0.15) is 11.1 Å². The van der Waals surface area contributed by atoms with Crippen LogP contribution in [0.3, 0.4) is 0 Å². The minimum atomic E-state index is 0.0969. The molecule has 0 aliphatic carbocycles. The number of carbonyl (C=O) groups is 1. The van der Waals surface area contributed by atoms with E-state index in [0.29, 0.717) is 12.3 Å².